The van der Waals surface area contributed by atoms with E-state index in [1.807, 2.05) is 4.68 Å². The lowest BCUT2D eigenvalue weighted by Gasteiger charge is -2.13. The van der Waals surface area contributed by atoms with Crippen molar-refractivity contribution in [3.63, 3.8) is 0 Å². The first-order valence-electron chi connectivity index (χ1n) is 6.37. The Morgan fingerprint density at radius 2 is 2.22 bits per heavy atom. The zero-order valence-electron chi connectivity index (χ0n) is 10.5. The fourth-order valence-electron chi connectivity index (χ4n) is 2.58. The second-order valence-electron chi connectivity index (χ2n) is 4.93. The lowest BCUT2D eigenvalue weighted by Crippen LogP contribution is -2.14. The van der Waals surface area contributed by atoms with E-state index in [2.05, 4.69) is 36.3 Å². The van der Waals surface area contributed by atoms with E-state index in [9.17, 15) is 4.79 Å². The summed E-state index contributed by atoms with van der Waals surface area (Å²) in [6, 6.07) is 8.42. The lowest BCUT2D eigenvalue weighted by atomic mass is 9.97. The van der Waals surface area contributed by atoms with Crippen molar-refractivity contribution in [2.45, 2.75) is 32.7 Å². The van der Waals surface area contributed by atoms with Gasteiger partial charge < -0.3 is 0 Å². The number of aryl methyl sites for hydroxylation is 1. The van der Waals surface area contributed by atoms with Crippen LogP contribution in [0, 0.1) is 6.92 Å². The van der Waals surface area contributed by atoms with Crippen molar-refractivity contribution in [1.29, 1.82) is 0 Å². The summed E-state index contributed by atoms with van der Waals surface area (Å²) in [6.07, 6.45) is 4.31. The van der Waals surface area contributed by atoms with Gasteiger partial charge in [-0.1, -0.05) is 29.8 Å². The minimum absolute atomic E-state index is 0.242. The van der Waals surface area contributed by atoms with E-state index < -0.39 is 0 Å². The summed E-state index contributed by atoms with van der Waals surface area (Å²) in [5, 5.41) is 4.37. The highest BCUT2D eigenvalue weighted by atomic mass is 16.1. The van der Waals surface area contributed by atoms with Gasteiger partial charge in [0.15, 0.2) is 5.78 Å². The number of nitrogens with zero attached hydrogens (tertiary/aromatic N) is 2. The molecule has 0 spiro atoms. The van der Waals surface area contributed by atoms with Gasteiger partial charge in [-0.15, -0.1) is 0 Å². The molecule has 0 saturated carbocycles. The molecule has 0 aliphatic heterocycles. The van der Waals surface area contributed by atoms with Crippen LogP contribution in [-0.4, -0.2) is 15.6 Å². The SMILES string of the molecule is Cc1cccc(Cn2ncc3c2CCCC3=O)c1. The van der Waals surface area contributed by atoms with Crippen molar-refractivity contribution in [3.05, 3.63) is 52.8 Å². The van der Waals surface area contributed by atoms with Crippen LogP contribution >= 0.6 is 0 Å². The van der Waals surface area contributed by atoms with E-state index in [0.29, 0.717) is 6.42 Å². The number of hydrogen-bond acceptors (Lipinski definition) is 2. The molecule has 18 heavy (non-hydrogen) atoms. The number of ketones is 1. The highest BCUT2D eigenvalue weighted by Gasteiger charge is 2.21. The summed E-state index contributed by atoms with van der Waals surface area (Å²) < 4.78 is 1.97. The van der Waals surface area contributed by atoms with Crippen LogP contribution in [0.3, 0.4) is 0 Å². The molecule has 0 radical (unpaired) electrons. The number of carbonyl (C=O) groups excluding carboxylic acids is 1. The van der Waals surface area contributed by atoms with Gasteiger partial charge in [-0.05, 0) is 25.3 Å². The molecule has 0 amide bonds. The largest absolute Gasteiger partial charge is 0.294 e. The van der Waals surface area contributed by atoms with E-state index in [1.165, 1.54) is 11.1 Å². The number of benzene rings is 1. The third-order valence-electron chi connectivity index (χ3n) is 3.48. The summed E-state index contributed by atoms with van der Waals surface area (Å²) in [7, 11) is 0. The Hall–Kier alpha value is -1.90. The molecule has 0 saturated heterocycles. The molecule has 3 nitrogen and oxygen atoms in total. The first-order chi connectivity index (χ1) is 8.74. The smallest absolute Gasteiger partial charge is 0.166 e. The number of fused-ring (bicyclic) bond motifs is 1. The second-order valence-corrected chi connectivity index (χ2v) is 4.93. The summed E-state index contributed by atoms with van der Waals surface area (Å²) in [4.78, 5) is 11.8. The van der Waals surface area contributed by atoms with E-state index in [4.69, 9.17) is 0 Å². The normalized spacial score (nSPS) is 14.6. The van der Waals surface area contributed by atoms with E-state index in [1.54, 1.807) is 6.20 Å². The van der Waals surface area contributed by atoms with Gasteiger partial charge in [0.05, 0.1) is 18.3 Å². The van der Waals surface area contributed by atoms with Crippen molar-refractivity contribution in [2.24, 2.45) is 0 Å². The van der Waals surface area contributed by atoms with Crippen LogP contribution in [0.1, 0.15) is 40.0 Å². The summed E-state index contributed by atoms with van der Waals surface area (Å²) in [5.74, 6) is 0.242. The second kappa shape index (κ2) is 4.41. The molecule has 0 atom stereocenters. The third kappa shape index (κ3) is 1.96. The molecule has 0 fully saturated rings. The molecule has 1 aromatic heterocycles. The van der Waals surface area contributed by atoms with Gasteiger partial charge in [-0.3, -0.25) is 9.48 Å². The Morgan fingerprint density at radius 3 is 3.06 bits per heavy atom. The predicted molar refractivity (Wildman–Crippen MR) is 69.8 cm³/mol. The van der Waals surface area contributed by atoms with Crippen LogP contribution in [0.5, 0.6) is 0 Å². The van der Waals surface area contributed by atoms with Gasteiger partial charge in [0.1, 0.15) is 0 Å². The van der Waals surface area contributed by atoms with Crippen LogP contribution in [0.15, 0.2) is 30.5 Å². The standard InChI is InChI=1S/C15H16N2O/c1-11-4-2-5-12(8-11)10-17-14-6-3-7-15(18)13(14)9-16-17/h2,4-5,8-9H,3,6-7,10H2,1H3. The first-order valence-corrected chi connectivity index (χ1v) is 6.37. The molecule has 0 bridgehead atoms. The van der Waals surface area contributed by atoms with Gasteiger partial charge >= 0.3 is 0 Å². The Labute approximate surface area is 106 Å². The fraction of sp³-hybridized carbons (Fsp3) is 0.333. The van der Waals surface area contributed by atoms with Gasteiger partial charge in [0, 0.05) is 12.1 Å². The minimum Gasteiger partial charge on any atom is -0.294 e. The van der Waals surface area contributed by atoms with Gasteiger partial charge in [-0.2, -0.15) is 5.10 Å². The quantitative estimate of drug-likeness (QED) is 0.809. The van der Waals surface area contributed by atoms with Gasteiger partial charge in [0.2, 0.25) is 0 Å². The van der Waals surface area contributed by atoms with Crippen molar-refractivity contribution >= 4 is 5.78 Å². The van der Waals surface area contributed by atoms with Crippen molar-refractivity contribution < 1.29 is 4.79 Å². The molecule has 1 aliphatic rings. The molecule has 1 aliphatic carbocycles. The predicted octanol–water partition coefficient (Wildman–Crippen LogP) is 2.76. The topological polar surface area (TPSA) is 34.9 Å². The van der Waals surface area contributed by atoms with Crippen molar-refractivity contribution in [2.75, 3.05) is 0 Å². The van der Waals surface area contributed by atoms with Gasteiger partial charge in [0.25, 0.3) is 0 Å². The van der Waals surface area contributed by atoms with Crippen LogP contribution in [0.2, 0.25) is 0 Å². The van der Waals surface area contributed by atoms with E-state index in [0.717, 1.165) is 30.6 Å². The molecular formula is C15H16N2O. The molecule has 1 aromatic carbocycles. The molecule has 3 rings (SSSR count). The van der Waals surface area contributed by atoms with E-state index in [-0.39, 0.29) is 5.78 Å². The summed E-state index contributed by atoms with van der Waals surface area (Å²) in [5.41, 5.74) is 4.42. The van der Waals surface area contributed by atoms with E-state index >= 15 is 0 Å². The van der Waals surface area contributed by atoms with Crippen molar-refractivity contribution in [3.8, 4) is 0 Å². The molecule has 2 aromatic rings. The fourth-order valence-corrected chi connectivity index (χ4v) is 2.58. The Balaban J connectivity index is 1.92. The number of aromatic nitrogens is 2. The number of rotatable bonds is 2. The monoisotopic (exact) mass is 240 g/mol. The number of Topliss-reactive ketones (excluding diaryl/α,β-unsaturated/α-hetero) is 1. The Kier molecular flexibility index (Phi) is 2.74. The highest BCUT2D eigenvalue weighted by Crippen LogP contribution is 2.21. The molecular weight excluding hydrogens is 224 g/mol. The average Bonchev–Trinajstić information content (AvgIpc) is 2.74. The zero-order valence-corrected chi connectivity index (χ0v) is 10.5. The highest BCUT2D eigenvalue weighted by molar-refractivity contribution is 5.97. The summed E-state index contributed by atoms with van der Waals surface area (Å²) >= 11 is 0. The lowest BCUT2D eigenvalue weighted by molar-refractivity contribution is 0.0972. The maximum atomic E-state index is 11.8. The molecule has 1 heterocycles. The molecule has 92 valence electrons. The van der Waals surface area contributed by atoms with Crippen LogP contribution in [0.25, 0.3) is 0 Å². The van der Waals surface area contributed by atoms with Crippen LogP contribution < -0.4 is 0 Å². The van der Waals surface area contributed by atoms with Crippen LogP contribution in [-0.2, 0) is 13.0 Å². The molecule has 0 unspecified atom stereocenters. The molecule has 3 heteroatoms. The van der Waals surface area contributed by atoms with Gasteiger partial charge in [-0.25, -0.2) is 0 Å². The first kappa shape index (κ1) is 11.2. The third-order valence-corrected chi connectivity index (χ3v) is 3.48. The van der Waals surface area contributed by atoms with Crippen LogP contribution in [0.4, 0.5) is 0 Å². The number of hydrogen-bond donors (Lipinski definition) is 0. The summed E-state index contributed by atoms with van der Waals surface area (Å²) in [6.45, 7) is 2.84. The maximum Gasteiger partial charge on any atom is 0.166 e. The zero-order chi connectivity index (χ0) is 12.5. The maximum absolute atomic E-state index is 11.8. The Bertz CT molecular complexity index is 598. The Morgan fingerprint density at radius 1 is 1.33 bits per heavy atom. The minimum atomic E-state index is 0.242. The molecule has 0 N–H and O–H groups in total. The van der Waals surface area contributed by atoms with Crippen molar-refractivity contribution in [1.82, 2.24) is 9.78 Å². The number of carbonyl (C=O) groups is 1. The average molecular weight is 240 g/mol.